The van der Waals surface area contributed by atoms with Gasteiger partial charge in [0.1, 0.15) is 22.5 Å². The monoisotopic (exact) mass is 387 g/mol. The second-order valence-electron chi connectivity index (χ2n) is 7.55. The third kappa shape index (κ3) is 3.62. The number of phenols is 1. The minimum absolute atomic E-state index is 0.0784. The van der Waals surface area contributed by atoms with Crippen LogP contribution in [0.5, 0.6) is 5.75 Å². The van der Waals surface area contributed by atoms with Crippen molar-refractivity contribution in [2.45, 2.75) is 39.0 Å². The highest BCUT2D eigenvalue weighted by atomic mass is 35.5. The van der Waals surface area contributed by atoms with Crippen molar-refractivity contribution in [3.8, 4) is 11.4 Å². The average molecular weight is 388 g/mol. The SMILES string of the molecule is COC(=O)C(C)c1cc(-n2nc3ccc(Cl)cc3n2)c(O)c(C(C)(C)C)c1. The molecule has 3 aromatic rings. The second-order valence-corrected chi connectivity index (χ2v) is 7.99. The van der Waals surface area contributed by atoms with Crippen LogP contribution in [0.25, 0.3) is 16.7 Å². The molecule has 0 amide bonds. The fourth-order valence-corrected chi connectivity index (χ4v) is 3.09. The van der Waals surface area contributed by atoms with Gasteiger partial charge in [-0.2, -0.15) is 0 Å². The highest BCUT2D eigenvalue weighted by Crippen LogP contribution is 2.38. The molecule has 0 saturated heterocycles. The maximum Gasteiger partial charge on any atom is 0.312 e. The number of benzene rings is 2. The Morgan fingerprint density at radius 1 is 1.19 bits per heavy atom. The molecule has 0 spiro atoms. The maximum absolute atomic E-state index is 12.0. The molecule has 6 nitrogen and oxygen atoms in total. The first-order chi connectivity index (χ1) is 12.6. The molecule has 0 aliphatic carbocycles. The molecule has 0 aliphatic rings. The van der Waals surface area contributed by atoms with Gasteiger partial charge in [0, 0.05) is 10.6 Å². The van der Waals surface area contributed by atoms with Crippen molar-refractivity contribution in [2.24, 2.45) is 0 Å². The Morgan fingerprint density at radius 2 is 1.85 bits per heavy atom. The Kier molecular flexibility index (Phi) is 4.86. The first kappa shape index (κ1) is 19.2. The molecule has 142 valence electrons. The molecule has 0 aliphatic heterocycles. The number of rotatable bonds is 3. The zero-order valence-electron chi connectivity index (χ0n) is 15.9. The Bertz CT molecular complexity index is 1020. The summed E-state index contributed by atoms with van der Waals surface area (Å²) in [5, 5.41) is 20.4. The fraction of sp³-hybridized carbons (Fsp3) is 0.350. The zero-order chi connectivity index (χ0) is 19.9. The summed E-state index contributed by atoms with van der Waals surface area (Å²) < 4.78 is 4.87. The Labute approximate surface area is 162 Å². The largest absolute Gasteiger partial charge is 0.505 e. The molecule has 0 saturated carbocycles. The van der Waals surface area contributed by atoms with Gasteiger partial charge < -0.3 is 9.84 Å². The molecule has 2 aromatic carbocycles. The van der Waals surface area contributed by atoms with Gasteiger partial charge in [-0.05, 0) is 42.2 Å². The number of hydrogen-bond acceptors (Lipinski definition) is 5. The van der Waals surface area contributed by atoms with Crippen molar-refractivity contribution in [3.05, 3.63) is 46.5 Å². The zero-order valence-corrected chi connectivity index (χ0v) is 16.7. The predicted molar refractivity (Wildman–Crippen MR) is 105 cm³/mol. The quantitative estimate of drug-likeness (QED) is 0.676. The number of esters is 1. The molecule has 1 aromatic heterocycles. The van der Waals surface area contributed by atoms with Crippen molar-refractivity contribution in [1.29, 1.82) is 0 Å². The van der Waals surface area contributed by atoms with Gasteiger partial charge in [0.05, 0.1) is 13.0 Å². The highest BCUT2D eigenvalue weighted by Gasteiger charge is 2.26. The van der Waals surface area contributed by atoms with Crippen molar-refractivity contribution in [3.63, 3.8) is 0 Å². The van der Waals surface area contributed by atoms with Gasteiger partial charge in [-0.15, -0.1) is 15.0 Å². The number of methoxy groups -OCH3 is 1. The number of nitrogens with zero attached hydrogens (tertiary/aromatic N) is 3. The number of aromatic hydroxyl groups is 1. The van der Waals surface area contributed by atoms with E-state index in [2.05, 4.69) is 10.2 Å². The van der Waals surface area contributed by atoms with E-state index in [0.29, 0.717) is 27.3 Å². The van der Waals surface area contributed by atoms with Crippen LogP contribution in [-0.2, 0) is 14.9 Å². The molecule has 3 rings (SSSR count). The first-order valence-electron chi connectivity index (χ1n) is 8.60. The predicted octanol–water partition coefficient (Wildman–Crippen LogP) is 4.35. The van der Waals surface area contributed by atoms with Gasteiger partial charge in [-0.1, -0.05) is 38.4 Å². The molecule has 0 radical (unpaired) electrons. The van der Waals surface area contributed by atoms with Crippen LogP contribution in [0.2, 0.25) is 5.02 Å². The highest BCUT2D eigenvalue weighted by molar-refractivity contribution is 6.31. The maximum atomic E-state index is 12.0. The van der Waals surface area contributed by atoms with Crippen LogP contribution in [0.3, 0.4) is 0 Å². The number of halogens is 1. The van der Waals surface area contributed by atoms with Gasteiger partial charge in [0.15, 0.2) is 0 Å². The van der Waals surface area contributed by atoms with Gasteiger partial charge >= 0.3 is 5.97 Å². The van der Waals surface area contributed by atoms with Gasteiger partial charge in [0.25, 0.3) is 0 Å². The van der Waals surface area contributed by atoms with Crippen molar-refractivity contribution in [2.75, 3.05) is 7.11 Å². The average Bonchev–Trinajstić information content (AvgIpc) is 3.02. The van der Waals surface area contributed by atoms with Gasteiger partial charge in [0.2, 0.25) is 0 Å². The molecule has 0 bridgehead atoms. The molecule has 7 heteroatoms. The molecular formula is C20H22ClN3O3. The van der Waals surface area contributed by atoms with Crippen LogP contribution in [0, 0.1) is 0 Å². The van der Waals surface area contributed by atoms with Crippen LogP contribution in [0.15, 0.2) is 30.3 Å². The number of aromatic nitrogens is 3. The van der Waals surface area contributed by atoms with Crippen LogP contribution in [0.1, 0.15) is 44.7 Å². The van der Waals surface area contributed by atoms with E-state index in [4.69, 9.17) is 16.3 Å². The lowest BCUT2D eigenvalue weighted by molar-refractivity contribution is -0.142. The molecule has 1 N–H and O–H groups in total. The van der Waals surface area contributed by atoms with E-state index in [1.807, 2.05) is 26.8 Å². The number of ether oxygens (including phenoxy) is 1. The van der Waals surface area contributed by atoms with E-state index in [1.54, 1.807) is 31.2 Å². The second kappa shape index (κ2) is 6.85. The van der Waals surface area contributed by atoms with Crippen LogP contribution < -0.4 is 0 Å². The Morgan fingerprint density at radius 3 is 2.48 bits per heavy atom. The summed E-state index contributed by atoms with van der Waals surface area (Å²) >= 11 is 6.03. The number of hydrogen-bond donors (Lipinski definition) is 1. The van der Waals surface area contributed by atoms with E-state index in [-0.39, 0.29) is 17.1 Å². The van der Waals surface area contributed by atoms with E-state index < -0.39 is 5.92 Å². The summed E-state index contributed by atoms with van der Waals surface area (Å²) in [6, 6.07) is 8.76. The topological polar surface area (TPSA) is 77.2 Å². The van der Waals surface area contributed by atoms with Crippen LogP contribution >= 0.6 is 11.6 Å². The Balaban J connectivity index is 2.24. The molecule has 27 heavy (non-hydrogen) atoms. The summed E-state index contributed by atoms with van der Waals surface area (Å²) in [5.74, 6) is -0.763. The van der Waals surface area contributed by atoms with Crippen molar-refractivity contribution in [1.82, 2.24) is 15.0 Å². The third-order valence-electron chi connectivity index (χ3n) is 4.53. The standard InChI is InChI=1S/C20H22ClN3O3/c1-11(19(26)27-5)12-8-14(20(2,3)4)18(25)17(9-12)24-22-15-7-6-13(21)10-16(15)23-24/h6-11,25H,1-5H3. The van der Waals surface area contributed by atoms with Crippen LogP contribution in [0.4, 0.5) is 0 Å². The van der Waals surface area contributed by atoms with Crippen molar-refractivity contribution < 1.29 is 14.6 Å². The van der Waals surface area contributed by atoms with Crippen molar-refractivity contribution >= 4 is 28.6 Å². The lowest BCUT2D eigenvalue weighted by Gasteiger charge is -2.24. The third-order valence-corrected chi connectivity index (χ3v) is 4.77. The molecule has 1 heterocycles. The minimum atomic E-state index is -0.491. The summed E-state index contributed by atoms with van der Waals surface area (Å²) in [5.41, 5.74) is 2.75. The number of carbonyl (C=O) groups excluding carboxylic acids is 1. The summed E-state index contributed by atoms with van der Waals surface area (Å²) in [6.45, 7) is 7.74. The summed E-state index contributed by atoms with van der Waals surface area (Å²) in [6.07, 6.45) is 0. The number of carbonyl (C=O) groups is 1. The smallest absolute Gasteiger partial charge is 0.312 e. The van der Waals surface area contributed by atoms with Gasteiger partial charge in [-0.3, -0.25) is 4.79 Å². The molecule has 1 unspecified atom stereocenters. The first-order valence-corrected chi connectivity index (χ1v) is 8.98. The summed E-state index contributed by atoms with van der Waals surface area (Å²) in [7, 11) is 1.36. The van der Waals surface area contributed by atoms with E-state index in [0.717, 1.165) is 5.56 Å². The fourth-order valence-electron chi connectivity index (χ4n) is 2.92. The normalized spacial score (nSPS) is 13.0. The summed E-state index contributed by atoms with van der Waals surface area (Å²) in [4.78, 5) is 13.4. The molecule has 1 atom stereocenters. The Hall–Kier alpha value is -2.60. The minimum Gasteiger partial charge on any atom is -0.505 e. The molecule has 0 fully saturated rings. The lowest BCUT2D eigenvalue weighted by atomic mass is 9.83. The van der Waals surface area contributed by atoms with E-state index >= 15 is 0 Å². The van der Waals surface area contributed by atoms with E-state index in [1.165, 1.54) is 11.9 Å². The van der Waals surface area contributed by atoms with Crippen LogP contribution in [-0.4, -0.2) is 33.2 Å². The van der Waals surface area contributed by atoms with E-state index in [9.17, 15) is 9.90 Å². The van der Waals surface area contributed by atoms with Gasteiger partial charge in [-0.25, -0.2) is 0 Å². The number of fused-ring (bicyclic) bond motifs is 1. The molecular weight excluding hydrogens is 366 g/mol. The lowest BCUT2D eigenvalue weighted by Crippen LogP contribution is -2.17. The number of phenolic OH excluding ortho intramolecular Hbond substituents is 1.